The van der Waals surface area contributed by atoms with E-state index in [9.17, 15) is 9.59 Å². The largest absolute Gasteiger partial charge is 0.458 e. The van der Waals surface area contributed by atoms with Crippen molar-refractivity contribution in [1.29, 1.82) is 0 Å². The number of unbranched alkanes of at least 4 members (excludes halogenated alkanes) is 8. The summed E-state index contributed by atoms with van der Waals surface area (Å²) in [5, 5.41) is 2.90. The summed E-state index contributed by atoms with van der Waals surface area (Å²) in [6.07, 6.45) is 11.4. The number of hydrogen-bond acceptors (Lipinski definition) is 4. The van der Waals surface area contributed by atoms with Crippen LogP contribution < -0.4 is 5.32 Å². The van der Waals surface area contributed by atoms with Crippen molar-refractivity contribution in [1.82, 2.24) is 5.32 Å². The monoisotopic (exact) mass is 433 g/mol. The topological polar surface area (TPSA) is 64.6 Å². The number of hydrogen-bond donors (Lipinski definition) is 1. The first kappa shape index (κ1) is 27.2. The van der Waals surface area contributed by atoms with Crippen LogP contribution in [0.2, 0.25) is 0 Å². The van der Waals surface area contributed by atoms with Gasteiger partial charge in [-0.2, -0.15) is 0 Å². The third kappa shape index (κ3) is 14.7. The lowest BCUT2D eigenvalue weighted by molar-refractivity contribution is -0.158. The van der Waals surface area contributed by atoms with Crippen molar-refractivity contribution >= 4 is 11.9 Å². The fraction of sp³-hybridized carbons (Fsp3) is 0.692. The molecule has 1 aromatic rings. The summed E-state index contributed by atoms with van der Waals surface area (Å²) in [6, 6.07) is 9.06. The zero-order chi connectivity index (χ0) is 23.0. The van der Waals surface area contributed by atoms with Crippen LogP contribution in [0.25, 0.3) is 0 Å². The number of esters is 1. The number of ether oxygens (including phenoxy) is 2. The maximum Gasteiger partial charge on any atom is 0.329 e. The molecule has 0 spiro atoms. The Morgan fingerprint density at radius 3 is 1.97 bits per heavy atom. The molecule has 0 saturated heterocycles. The molecule has 0 aliphatic heterocycles. The molecule has 5 nitrogen and oxygen atoms in total. The predicted molar refractivity (Wildman–Crippen MR) is 126 cm³/mol. The molecular formula is C26H43NO4. The van der Waals surface area contributed by atoms with Crippen molar-refractivity contribution in [2.24, 2.45) is 0 Å². The van der Waals surface area contributed by atoms with E-state index >= 15 is 0 Å². The summed E-state index contributed by atoms with van der Waals surface area (Å²) in [4.78, 5) is 25.1. The van der Waals surface area contributed by atoms with Gasteiger partial charge < -0.3 is 14.8 Å². The minimum Gasteiger partial charge on any atom is -0.458 e. The van der Waals surface area contributed by atoms with Gasteiger partial charge in [0, 0.05) is 26.6 Å². The highest BCUT2D eigenvalue weighted by Crippen LogP contribution is 2.13. The molecule has 176 valence electrons. The third-order valence-electron chi connectivity index (χ3n) is 5.06. The maximum atomic E-state index is 12.6. The third-order valence-corrected chi connectivity index (χ3v) is 5.06. The SMILES string of the molecule is COCCCCCCCCCCCC(=O)N[C@H](Cc1ccccc1)C(=O)OC(C)(C)C. The molecular weight excluding hydrogens is 390 g/mol. The summed E-state index contributed by atoms with van der Waals surface area (Å²) in [6.45, 7) is 6.38. The van der Waals surface area contributed by atoms with Crippen LogP contribution >= 0.6 is 0 Å². The van der Waals surface area contributed by atoms with Crippen LogP contribution in [0.4, 0.5) is 0 Å². The van der Waals surface area contributed by atoms with Gasteiger partial charge in [0.1, 0.15) is 11.6 Å². The molecule has 1 aromatic carbocycles. The second kappa shape index (κ2) is 15.9. The summed E-state index contributed by atoms with van der Waals surface area (Å²) >= 11 is 0. The summed E-state index contributed by atoms with van der Waals surface area (Å²) < 4.78 is 10.6. The van der Waals surface area contributed by atoms with Crippen molar-refractivity contribution in [2.45, 2.75) is 103 Å². The van der Waals surface area contributed by atoms with E-state index in [1.807, 2.05) is 51.1 Å². The quantitative estimate of drug-likeness (QED) is 0.272. The molecule has 0 bridgehead atoms. The number of nitrogens with one attached hydrogen (secondary N) is 1. The zero-order valence-electron chi connectivity index (χ0n) is 20.1. The van der Waals surface area contributed by atoms with Gasteiger partial charge >= 0.3 is 5.97 Å². The molecule has 1 N–H and O–H groups in total. The zero-order valence-corrected chi connectivity index (χ0v) is 20.1. The maximum absolute atomic E-state index is 12.6. The molecule has 0 saturated carbocycles. The van der Waals surface area contributed by atoms with E-state index in [2.05, 4.69) is 5.32 Å². The minimum absolute atomic E-state index is 0.0788. The minimum atomic E-state index is -0.660. The molecule has 0 radical (unpaired) electrons. The van der Waals surface area contributed by atoms with Crippen LogP contribution in [0.5, 0.6) is 0 Å². The fourth-order valence-corrected chi connectivity index (χ4v) is 3.45. The van der Waals surface area contributed by atoms with Crippen LogP contribution in [-0.2, 0) is 25.5 Å². The van der Waals surface area contributed by atoms with Gasteiger partial charge in [-0.05, 0) is 39.2 Å². The van der Waals surface area contributed by atoms with Crippen molar-refractivity contribution in [2.75, 3.05) is 13.7 Å². The van der Waals surface area contributed by atoms with Crippen LogP contribution in [0.3, 0.4) is 0 Å². The highest BCUT2D eigenvalue weighted by atomic mass is 16.6. The van der Waals surface area contributed by atoms with E-state index in [1.54, 1.807) is 7.11 Å². The van der Waals surface area contributed by atoms with Gasteiger partial charge in [0.2, 0.25) is 5.91 Å². The molecule has 1 rings (SSSR count). The Balaban J connectivity index is 2.29. The smallest absolute Gasteiger partial charge is 0.329 e. The molecule has 5 heteroatoms. The van der Waals surface area contributed by atoms with Crippen LogP contribution in [0.15, 0.2) is 30.3 Å². The fourth-order valence-electron chi connectivity index (χ4n) is 3.45. The molecule has 1 amide bonds. The molecule has 1 atom stereocenters. The summed E-state index contributed by atoms with van der Waals surface area (Å²) in [5.74, 6) is -0.458. The van der Waals surface area contributed by atoms with E-state index in [0.717, 1.165) is 37.9 Å². The van der Waals surface area contributed by atoms with Gasteiger partial charge in [-0.3, -0.25) is 4.79 Å². The number of amides is 1. The van der Waals surface area contributed by atoms with Gasteiger partial charge in [-0.1, -0.05) is 75.3 Å². The second-order valence-corrected chi connectivity index (χ2v) is 9.27. The van der Waals surface area contributed by atoms with Crippen LogP contribution in [0.1, 0.15) is 90.5 Å². The first-order valence-corrected chi connectivity index (χ1v) is 11.9. The molecule has 0 aliphatic carbocycles. The lowest BCUT2D eigenvalue weighted by atomic mass is 10.0. The average molecular weight is 434 g/mol. The van der Waals surface area contributed by atoms with Crippen LogP contribution in [0, 0.1) is 0 Å². The number of benzene rings is 1. The first-order chi connectivity index (χ1) is 14.8. The highest BCUT2D eigenvalue weighted by molar-refractivity contribution is 5.84. The molecule has 0 aliphatic rings. The van der Waals surface area contributed by atoms with Gasteiger partial charge in [0.05, 0.1) is 0 Å². The molecule has 0 aromatic heterocycles. The van der Waals surface area contributed by atoms with Gasteiger partial charge in [-0.25, -0.2) is 4.79 Å². The molecule has 0 heterocycles. The lowest BCUT2D eigenvalue weighted by Gasteiger charge is -2.24. The standard InChI is InChI=1S/C26H43NO4/c1-26(2,3)31-25(29)23(21-22-17-13-12-14-18-22)27-24(28)19-15-10-8-6-5-7-9-11-16-20-30-4/h12-14,17-18,23H,5-11,15-16,19-21H2,1-4H3,(H,27,28)/t23-/m1/s1. The van der Waals surface area contributed by atoms with E-state index in [1.165, 1.54) is 32.1 Å². The average Bonchev–Trinajstić information content (AvgIpc) is 2.71. The van der Waals surface area contributed by atoms with Gasteiger partial charge in [-0.15, -0.1) is 0 Å². The Morgan fingerprint density at radius 2 is 1.42 bits per heavy atom. The lowest BCUT2D eigenvalue weighted by Crippen LogP contribution is -2.45. The Labute approximate surface area is 189 Å². The number of rotatable bonds is 16. The van der Waals surface area contributed by atoms with Crippen molar-refractivity contribution < 1.29 is 19.1 Å². The van der Waals surface area contributed by atoms with Crippen molar-refractivity contribution in [3.63, 3.8) is 0 Å². The van der Waals surface area contributed by atoms with Gasteiger partial charge in [0.25, 0.3) is 0 Å². The van der Waals surface area contributed by atoms with E-state index in [4.69, 9.17) is 9.47 Å². The van der Waals surface area contributed by atoms with Crippen molar-refractivity contribution in [3.8, 4) is 0 Å². The Kier molecular flexibility index (Phi) is 13.9. The molecule has 0 fully saturated rings. The number of methoxy groups -OCH3 is 1. The van der Waals surface area contributed by atoms with E-state index in [0.29, 0.717) is 12.8 Å². The molecule has 31 heavy (non-hydrogen) atoms. The first-order valence-electron chi connectivity index (χ1n) is 11.9. The Bertz CT molecular complexity index is 610. The second-order valence-electron chi connectivity index (χ2n) is 9.27. The number of carbonyl (C=O) groups excluding carboxylic acids is 2. The summed E-state index contributed by atoms with van der Waals surface area (Å²) in [5.41, 5.74) is 0.418. The normalized spacial score (nSPS) is 12.4. The van der Waals surface area contributed by atoms with E-state index in [-0.39, 0.29) is 11.9 Å². The van der Waals surface area contributed by atoms with Crippen LogP contribution in [-0.4, -0.2) is 37.2 Å². The predicted octanol–water partition coefficient (Wildman–Crippen LogP) is 5.60. The Hall–Kier alpha value is -1.88. The van der Waals surface area contributed by atoms with Crippen molar-refractivity contribution in [3.05, 3.63) is 35.9 Å². The van der Waals surface area contributed by atoms with E-state index < -0.39 is 11.6 Å². The highest BCUT2D eigenvalue weighted by Gasteiger charge is 2.26. The van der Waals surface area contributed by atoms with Gasteiger partial charge in [0.15, 0.2) is 0 Å². The summed E-state index contributed by atoms with van der Waals surface area (Å²) in [7, 11) is 1.75. The Morgan fingerprint density at radius 1 is 0.871 bits per heavy atom. The number of carbonyl (C=O) groups is 2. The molecule has 0 unspecified atom stereocenters.